The van der Waals surface area contributed by atoms with Crippen molar-refractivity contribution in [3.8, 4) is 0 Å². The lowest BCUT2D eigenvalue weighted by atomic mass is 10.0. The minimum atomic E-state index is 0.766. The monoisotopic (exact) mass is 240 g/mol. The van der Waals surface area contributed by atoms with Crippen LogP contribution in [0.1, 0.15) is 32.1 Å². The molecule has 0 amide bonds. The van der Waals surface area contributed by atoms with Crippen LogP contribution in [0, 0.1) is 11.3 Å². The molecule has 2 N–H and O–H groups in total. The van der Waals surface area contributed by atoms with Gasteiger partial charge in [0.25, 0.3) is 0 Å². The Morgan fingerprint density at radius 3 is 2.81 bits per heavy atom. The topological polar surface area (TPSA) is 24.1 Å². The second-order valence-electron chi connectivity index (χ2n) is 5.83. The van der Waals surface area contributed by atoms with Crippen LogP contribution in [0.25, 0.3) is 0 Å². The summed E-state index contributed by atoms with van der Waals surface area (Å²) in [7, 11) is 0. The Balaban J connectivity index is 1.29. The summed E-state index contributed by atoms with van der Waals surface area (Å²) >= 11 is 2.10. The zero-order valence-corrected chi connectivity index (χ0v) is 11.0. The lowest BCUT2D eigenvalue weighted by molar-refractivity contribution is 0.393. The average molecular weight is 240 g/mol. The maximum atomic E-state index is 3.71. The highest BCUT2D eigenvalue weighted by Crippen LogP contribution is 2.60. The van der Waals surface area contributed by atoms with E-state index in [-0.39, 0.29) is 0 Å². The lowest BCUT2D eigenvalue weighted by Crippen LogP contribution is -2.40. The van der Waals surface area contributed by atoms with Gasteiger partial charge in [-0.05, 0) is 50.0 Å². The number of hydrogen-bond acceptors (Lipinski definition) is 3. The van der Waals surface area contributed by atoms with E-state index < -0.39 is 0 Å². The molecular weight excluding hydrogens is 216 g/mol. The first-order chi connectivity index (χ1) is 7.89. The largest absolute Gasteiger partial charge is 0.316 e. The summed E-state index contributed by atoms with van der Waals surface area (Å²) in [5, 5.41) is 7.31. The normalized spacial score (nSPS) is 32.6. The zero-order valence-electron chi connectivity index (χ0n) is 10.1. The van der Waals surface area contributed by atoms with Crippen molar-refractivity contribution in [2.45, 2.75) is 38.1 Å². The Morgan fingerprint density at radius 2 is 2.19 bits per heavy atom. The van der Waals surface area contributed by atoms with Crippen molar-refractivity contribution in [1.29, 1.82) is 0 Å². The summed E-state index contributed by atoms with van der Waals surface area (Å²) in [5.41, 5.74) is 0.773. The first-order valence-corrected chi connectivity index (χ1v) is 8.06. The van der Waals surface area contributed by atoms with Gasteiger partial charge in [-0.1, -0.05) is 0 Å². The van der Waals surface area contributed by atoms with Crippen LogP contribution < -0.4 is 10.6 Å². The summed E-state index contributed by atoms with van der Waals surface area (Å²) in [4.78, 5) is 0. The highest BCUT2D eigenvalue weighted by molar-refractivity contribution is 7.99. The minimum Gasteiger partial charge on any atom is -0.316 e. The van der Waals surface area contributed by atoms with Crippen molar-refractivity contribution >= 4 is 11.8 Å². The number of hydrogen-bond donors (Lipinski definition) is 2. The van der Waals surface area contributed by atoms with Crippen LogP contribution in [0.2, 0.25) is 0 Å². The van der Waals surface area contributed by atoms with Crippen LogP contribution in [0.15, 0.2) is 0 Å². The Labute approximate surface area is 103 Å². The average Bonchev–Trinajstić information content (AvgIpc) is 3.17. The van der Waals surface area contributed by atoms with Crippen molar-refractivity contribution in [2.75, 3.05) is 31.1 Å². The Bertz CT molecular complexity index is 230. The highest BCUT2D eigenvalue weighted by Gasteiger charge is 2.53. The third-order valence-electron chi connectivity index (χ3n) is 4.48. The summed E-state index contributed by atoms with van der Waals surface area (Å²) < 4.78 is 0. The van der Waals surface area contributed by atoms with E-state index in [4.69, 9.17) is 0 Å². The SMILES string of the molecule is C(CC1CSCCN1)NCC1(C2CC2)CC1. The standard InChI is InChI=1S/C13H24N2S/c1-2-11(1)13(4-5-13)10-14-6-3-12-9-16-8-7-15-12/h11-12,14-15H,1-10H2. The van der Waals surface area contributed by atoms with Gasteiger partial charge < -0.3 is 10.6 Å². The molecule has 3 aliphatic rings. The van der Waals surface area contributed by atoms with Gasteiger partial charge in [-0.15, -0.1) is 0 Å². The van der Waals surface area contributed by atoms with Gasteiger partial charge in [-0.2, -0.15) is 11.8 Å². The van der Waals surface area contributed by atoms with Crippen molar-refractivity contribution in [3.05, 3.63) is 0 Å². The smallest absolute Gasteiger partial charge is 0.0170 e. The van der Waals surface area contributed by atoms with Crippen molar-refractivity contribution in [2.24, 2.45) is 11.3 Å². The fourth-order valence-corrected chi connectivity index (χ4v) is 4.00. The van der Waals surface area contributed by atoms with Gasteiger partial charge in [-0.25, -0.2) is 0 Å². The molecule has 0 aromatic rings. The predicted molar refractivity (Wildman–Crippen MR) is 71.0 cm³/mol. The molecule has 1 atom stereocenters. The Hall–Kier alpha value is 0.270. The van der Waals surface area contributed by atoms with E-state index in [1.165, 1.54) is 63.2 Å². The lowest BCUT2D eigenvalue weighted by Gasteiger charge is -2.23. The van der Waals surface area contributed by atoms with Crippen molar-refractivity contribution in [1.82, 2.24) is 10.6 Å². The van der Waals surface area contributed by atoms with Gasteiger partial charge in [0, 0.05) is 30.6 Å². The quantitative estimate of drug-likeness (QED) is 0.693. The predicted octanol–water partition coefficient (Wildman–Crippen LogP) is 1.86. The molecule has 3 heteroatoms. The van der Waals surface area contributed by atoms with Crippen molar-refractivity contribution < 1.29 is 0 Å². The van der Waals surface area contributed by atoms with Gasteiger partial charge >= 0.3 is 0 Å². The molecule has 1 aliphatic heterocycles. The van der Waals surface area contributed by atoms with E-state index in [9.17, 15) is 0 Å². The summed E-state index contributed by atoms with van der Waals surface area (Å²) in [6.45, 7) is 3.73. The molecule has 0 aromatic heterocycles. The minimum absolute atomic E-state index is 0.766. The van der Waals surface area contributed by atoms with E-state index in [0.29, 0.717) is 0 Å². The molecule has 3 fully saturated rings. The van der Waals surface area contributed by atoms with Gasteiger partial charge in [0.2, 0.25) is 0 Å². The molecule has 0 aromatic carbocycles. The van der Waals surface area contributed by atoms with E-state index in [1.807, 2.05) is 0 Å². The summed E-state index contributed by atoms with van der Waals surface area (Å²) in [6.07, 6.45) is 7.35. The van der Waals surface area contributed by atoms with E-state index in [0.717, 1.165) is 17.4 Å². The second-order valence-corrected chi connectivity index (χ2v) is 6.98. The highest BCUT2D eigenvalue weighted by atomic mass is 32.2. The van der Waals surface area contributed by atoms with Gasteiger partial charge in [-0.3, -0.25) is 0 Å². The van der Waals surface area contributed by atoms with E-state index >= 15 is 0 Å². The molecule has 3 rings (SSSR count). The molecule has 0 spiro atoms. The molecule has 2 nitrogen and oxygen atoms in total. The molecule has 1 saturated heterocycles. The fourth-order valence-electron chi connectivity index (χ4n) is 3.00. The summed E-state index contributed by atoms with van der Waals surface area (Å²) in [5.74, 6) is 3.72. The fraction of sp³-hybridized carbons (Fsp3) is 1.00. The van der Waals surface area contributed by atoms with Crippen LogP contribution in [0.3, 0.4) is 0 Å². The third kappa shape index (κ3) is 2.74. The van der Waals surface area contributed by atoms with E-state index in [1.54, 1.807) is 0 Å². The molecule has 92 valence electrons. The molecule has 2 aliphatic carbocycles. The molecule has 16 heavy (non-hydrogen) atoms. The van der Waals surface area contributed by atoms with Crippen molar-refractivity contribution in [3.63, 3.8) is 0 Å². The number of rotatable bonds is 6. The number of nitrogens with one attached hydrogen (secondary N) is 2. The summed E-state index contributed by atoms with van der Waals surface area (Å²) in [6, 6.07) is 0.766. The molecule has 0 radical (unpaired) electrons. The van der Waals surface area contributed by atoms with Gasteiger partial charge in [0.1, 0.15) is 0 Å². The first kappa shape index (κ1) is 11.4. The number of thioether (sulfide) groups is 1. The molecule has 0 bridgehead atoms. The van der Waals surface area contributed by atoms with E-state index in [2.05, 4.69) is 22.4 Å². The van der Waals surface area contributed by atoms with Crippen LogP contribution >= 0.6 is 11.8 Å². The second kappa shape index (κ2) is 4.87. The maximum absolute atomic E-state index is 3.71. The van der Waals surface area contributed by atoms with Gasteiger partial charge in [0.15, 0.2) is 0 Å². The maximum Gasteiger partial charge on any atom is 0.0170 e. The molecule has 1 unspecified atom stereocenters. The van der Waals surface area contributed by atoms with Gasteiger partial charge in [0.05, 0.1) is 0 Å². The molecule has 2 saturated carbocycles. The van der Waals surface area contributed by atoms with Crippen LogP contribution in [-0.4, -0.2) is 37.2 Å². The zero-order chi connectivity index (χ0) is 10.8. The first-order valence-electron chi connectivity index (χ1n) is 6.91. The van der Waals surface area contributed by atoms with Crippen LogP contribution in [0.4, 0.5) is 0 Å². The molecule has 1 heterocycles. The molecular formula is C13H24N2S. The third-order valence-corrected chi connectivity index (χ3v) is 5.61. The van der Waals surface area contributed by atoms with Crippen LogP contribution in [-0.2, 0) is 0 Å². The Kier molecular flexibility index (Phi) is 3.46. The Morgan fingerprint density at radius 1 is 1.31 bits per heavy atom. The van der Waals surface area contributed by atoms with Crippen LogP contribution in [0.5, 0.6) is 0 Å².